The molecular weight excluding hydrogens is 445 g/mol. The normalized spacial score (nSPS) is 11.3. The van der Waals surface area contributed by atoms with E-state index in [1.807, 2.05) is 69.3 Å². The number of hydrogen-bond acceptors (Lipinski definition) is 5. The molecule has 3 aromatic rings. The van der Waals surface area contributed by atoms with Crippen molar-refractivity contribution in [3.05, 3.63) is 54.1 Å². The van der Waals surface area contributed by atoms with Crippen LogP contribution in [-0.4, -0.2) is 54.0 Å². The molecule has 0 saturated carbocycles. The van der Waals surface area contributed by atoms with Gasteiger partial charge in [0, 0.05) is 18.5 Å². The van der Waals surface area contributed by atoms with Crippen LogP contribution in [0.4, 0.5) is 0 Å². The molecule has 0 saturated heterocycles. The second-order valence-electron chi connectivity index (χ2n) is 8.13. The Morgan fingerprint density at radius 3 is 2.26 bits per heavy atom. The standard InChI is InChI=1S/C24H29N5O3.Na.H2O.H/c1-4-5-10-21(30)29(22(16(2)3)24(31)32)15-17-11-13-18(14-12-17)19-8-6-7-9-20(19)23-25-27-28-26-23;;;/h6-9,11-14,16,22H,4-5,10,15H2,1-3H3,(H,31,32)(H,25,26,27,28);;1H2;/q;+1;;-1/t22-;;;/m0.../s1. The van der Waals surface area contributed by atoms with Gasteiger partial charge >= 0.3 is 35.5 Å². The summed E-state index contributed by atoms with van der Waals surface area (Å²) in [6, 6.07) is 14.7. The third-order valence-corrected chi connectivity index (χ3v) is 5.42. The molecular formula is C24H32N5NaO4. The fraction of sp³-hybridized carbons (Fsp3) is 0.375. The summed E-state index contributed by atoms with van der Waals surface area (Å²) < 4.78 is 0. The summed E-state index contributed by atoms with van der Waals surface area (Å²) in [7, 11) is 0. The molecule has 34 heavy (non-hydrogen) atoms. The third-order valence-electron chi connectivity index (χ3n) is 5.42. The van der Waals surface area contributed by atoms with Gasteiger partial charge in [0.2, 0.25) is 11.7 Å². The Balaban J connectivity index is 0.00000385. The summed E-state index contributed by atoms with van der Waals surface area (Å²) in [5.41, 5.74) is 3.66. The van der Waals surface area contributed by atoms with Crippen molar-refractivity contribution in [2.24, 2.45) is 5.92 Å². The zero-order valence-electron chi connectivity index (χ0n) is 21.2. The van der Waals surface area contributed by atoms with E-state index in [9.17, 15) is 14.7 Å². The monoisotopic (exact) mass is 477 g/mol. The molecule has 0 bridgehead atoms. The Morgan fingerprint density at radius 1 is 1.09 bits per heavy atom. The summed E-state index contributed by atoms with van der Waals surface area (Å²) in [6.07, 6.45) is 1.97. The van der Waals surface area contributed by atoms with Gasteiger partial charge in [-0.3, -0.25) is 4.79 Å². The molecule has 1 heterocycles. The van der Waals surface area contributed by atoms with Crippen molar-refractivity contribution in [2.45, 2.75) is 52.6 Å². The third kappa shape index (κ3) is 7.20. The number of unbranched alkanes of at least 4 members (excludes halogenated alkanes) is 1. The molecule has 178 valence electrons. The number of rotatable bonds is 10. The Labute approximate surface area is 223 Å². The number of aromatic amines is 1. The van der Waals surface area contributed by atoms with Crippen LogP contribution in [0.2, 0.25) is 0 Å². The minimum absolute atomic E-state index is 0. The van der Waals surface area contributed by atoms with E-state index >= 15 is 0 Å². The largest absolute Gasteiger partial charge is 1.00 e. The van der Waals surface area contributed by atoms with E-state index in [1.54, 1.807) is 0 Å². The Morgan fingerprint density at radius 2 is 1.74 bits per heavy atom. The van der Waals surface area contributed by atoms with E-state index < -0.39 is 12.0 Å². The van der Waals surface area contributed by atoms with Crippen molar-refractivity contribution < 1.29 is 51.2 Å². The van der Waals surface area contributed by atoms with E-state index in [-0.39, 0.29) is 54.8 Å². The number of carboxylic acids is 1. The summed E-state index contributed by atoms with van der Waals surface area (Å²) in [5, 5.41) is 24.0. The fourth-order valence-electron chi connectivity index (χ4n) is 3.78. The molecule has 0 unspecified atom stereocenters. The van der Waals surface area contributed by atoms with Gasteiger partial charge in [0.05, 0.1) is 0 Å². The van der Waals surface area contributed by atoms with Crippen molar-refractivity contribution in [1.29, 1.82) is 0 Å². The summed E-state index contributed by atoms with van der Waals surface area (Å²) in [5.74, 6) is -0.784. The first-order valence-corrected chi connectivity index (χ1v) is 10.9. The van der Waals surface area contributed by atoms with Crippen molar-refractivity contribution >= 4 is 11.9 Å². The first kappa shape index (κ1) is 29.4. The maximum Gasteiger partial charge on any atom is 1.00 e. The van der Waals surface area contributed by atoms with Gasteiger partial charge in [0.1, 0.15) is 6.04 Å². The Bertz CT molecular complexity index is 1050. The molecule has 2 aromatic carbocycles. The number of carbonyl (C=O) groups excluding carboxylic acids is 1. The SMILES string of the molecule is CCCCC(=O)N(Cc1ccc(-c2ccccc2-c2nn[nH]n2)cc1)[C@H](C(=O)O)C(C)C.O.[H-].[Na+]. The van der Waals surface area contributed by atoms with Crippen LogP contribution < -0.4 is 29.6 Å². The van der Waals surface area contributed by atoms with Crippen LogP contribution in [-0.2, 0) is 16.1 Å². The molecule has 1 aromatic heterocycles. The van der Waals surface area contributed by atoms with Crippen LogP contribution in [0.25, 0.3) is 22.5 Å². The smallest absolute Gasteiger partial charge is 1.00 e. The minimum Gasteiger partial charge on any atom is -1.00 e. The zero-order valence-corrected chi connectivity index (χ0v) is 22.2. The number of carbonyl (C=O) groups is 2. The van der Waals surface area contributed by atoms with Gasteiger partial charge in [-0.25, -0.2) is 4.79 Å². The van der Waals surface area contributed by atoms with Crippen molar-refractivity contribution in [1.82, 2.24) is 25.5 Å². The van der Waals surface area contributed by atoms with E-state index in [0.29, 0.717) is 12.2 Å². The number of tetrazole rings is 1. The van der Waals surface area contributed by atoms with Gasteiger partial charge < -0.3 is 16.9 Å². The molecule has 0 aliphatic rings. The summed E-state index contributed by atoms with van der Waals surface area (Å²) >= 11 is 0. The second kappa shape index (κ2) is 14.0. The first-order valence-electron chi connectivity index (χ1n) is 10.9. The number of nitrogens with one attached hydrogen (secondary N) is 1. The molecule has 1 amide bonds. The van der Waals surface area contributed by atoms with Crippen LogP contribution in [0.15, 0.2) is 48.5 Å². The summed E-state index contributed by atoms with van der Waals surface area (Å²) in [4.78, 5) is 26.3. The maximum atomic E-state index is 12.9. The quantitative estimate of drug-likeness (QED) is 0.406. The predicted molar refractivity (Wildman–Crippen MR) is 126 cm³/mol. The fourth-order valence-corrected chi connectivity index (χ4v) is 3.78. The van der Waals surface area contributed by atoms with Crippen LogP contribution in [0.3, 0.4) is 0 Å². The van der Waals surface area contributed by atoms with E-state index in [1.165, 1.54) is 4.90 Å². The van der Waals surface area contributed by atoms with Crippen molar-refractivity contribution in [3.63, 3.8) is 0 Å². The molecule has 10 heteroatoms. The molecule has 1 atom stereocenters. The molecule has 9 nitrogen and oxygen atoms in total. The number of aliphatic carboxylic acids is 1. The molecule has 0 aliphatic heterocycles. The Kier molecular flexibility index (Phi) is 12.1. The van der Waals surface area contributed by atoms with Gasteiger partial charge in [-0.05, 0) is 34.2 Å². The van der Waals surface area contributed by atoms with E-state index in [4.69, 9.17) is 0 Å². The van der Waals surface area contributed by atoms with Crippen LogP contribution in [0, 0.1) is 5.92 Å². The van der Waals surface area contributed by atoms with Gasteiger partial charge in [-0.15, -0.1) is 10.2 Å². The van der Waals surface area contributed by atoms with Gasteiger partial charge in [0.25, 0.3) is 0 Å². The molecule has 0 fully saturated rings. The van der Waals surface area contributed by atoms with Crippen LogP contribution in [0.5, 0.6) is 0 Å². The summed E-state index contributed by atoms with van der Waals surface area (Å²) in [6.45, 7) is 5.93. The number of amides is 1. The van der Waals surface area contributed by atoms with Gasteiger partial charge in [0.15, 0.2) is 0 Å². The molecule has 3 rings (SSSR count). The van der Waals surface area contributed by atoms with E-state index in [0.717, 1.165) is 35.1 Å². The molecule has 0 spiro atoms. The van der Waals surface area contributed by atoms with Gasteiger partial charge in [-0.1, -0.05) is 75.7 Å². The number of H-pyrrole nitrogens is 1. The van der Waals surface area contributed by atoms with Crippen LogP contribution >= 0.6 is 0 Å². The Hall–Kier alpha value is -2.59. The van der Waals surface area contributed by atoms with Crippen molar-refractivity contribution in [2.75, 3.05) is 0 Å². The maximum absolute atomic E-state index is 12.9. The van der Waals surface area contributed by atoms with Gasteiger partial charge in [-0.2, -0.15) is 5.21 Å². The minimum atomic E-state index is -0.976. The number of aromatic nitrogens is 4. The second-order valence-corrected chi connectivity index (χ2v) is 8.13. The molecule has 4 N–H and O–H groups in total. The molecule has 0 aliphatic carbocycles. The number of carboxylic acid groups (broad SMARTS) is 1. The van der Waals surface area contributed by atoms with Crippen molar-refractivity contribution in [3.8, 4) is 22.5 Å². The first-order chi connectivity index (χ1) is 15.4. The topological polar surface area (TPSA) is 144 Å². The molecule has 0 radical (unpaired) electrons. The van der Waals surface area contributed by atoms with Crippen LogP contribution in [0.1, 0.15) is 47.0 Å². The number of benzene rings is 2. The zero-order chi connectivity index (χ0) is 23.1. The number of hydrogen-bond donors (Lipinski definition) is 2. The average molecular weight is 478 g/mol. The van der Waals surface area contributed by atoms with E-state index in [2.05, 4.69) is 20.6 Å². The average Bonchev–Trinajstić information content (AvgIpc) is 3.32. The number of nitrogens with zero attached hydrogens (tertiary/aromatic N) is 4. The predicted octanol–water partition coefficient (Wildman–Crippen LogP) is 0.454.